The summed E-state index contributed by atoms with van der Waals surface area (Å²) >= 11 is 0. The number of rotatable bonds is 4. The van der Waals surface area contributed by atoms with Crippen molar-refractivity contribution in [3.05, 3.63) is 65.9 Å². The number of hydrogen-bond acceptors (Lipinski definition) is 3. The second kappa shape index (κ2) is 5.83. The maximum atomic E-state index is 9.67. The van der Waals surface area contributed by atoms with Crippen molar-refractivity contribution in [2.75, 3.05) is 5.32 Å². The molecule has 21 heavy (non-hydrogen) atoms. The lowest BCUT2D eigenvalue weighted by Crippen LogP contribution is -2.04. The Morgan fingerprint density at radius 1 is 1.05 bits per heavy atom. The number of anilines is 1. The summed E-state index contributed by atoms with van der Waals surface area (Å²) in [6, 6.07) is 15.7. The van der Waals surface area contributed by atoms with Crippen molar-refractivity contribution in [1.29, 1.82) is 0 Å². The lowest BCUT2D eigenvalue weighted by atomic mass is 10.1. The Morgan fingerprint density at radius 2 is 1.86 bits per heavy atom. The number of pyridine rings is 1. The molecule has 3 heteroatoms. The first-order valence-electron chi connectivity index (χ1n) is 7.16. The first-order valence-corrected chi connectivity index (χ1v) is 7.16. The first-order chi connectivity index (χ1) is 10.3. The number of nitrogens with zero attached hydrogens (tertiary/aromatic N) is 1. The van der Waals surface area contributed by atoms with E-state index in [1.54, 1.807) is 18.3 Å². The normalized spacial score (nSPS) is 10.7. The van der Waals surface area contributed by atoms with Gasteiger partial charge in [-0.05, 0) is 41.1 Å². The van der Waals surface area contributed by atoms with Gasteiger partial charge in [-0.25, -0.2) is 4.98 Å². The zero-order chi connectivity index (χ0) is 14.7. The number of benzene rings is 2. The van der Waals surface area contributed by atoms with Gasteiger partial charge in [0.15, 0.2) is 0 Å². The summed E-state index contributed by atoms with van der Waals surface area (Å²) in [5.41, 5.74) is 2.62. The number of aromatic hydroxyl groups is 1. The van der Waals surface area contributed by atoms with Crippen LogP contribution in [0, 0.1) is 0 Å². The predicted molar refractivity (Wildman–Crippen MR) is 86.6 cm³/mol. The van der Waals surface area contributed by atoms with Crippen LogP contribution in [0.5, 0.6) is 5.75 Å². The summed E-state index contributed by atoms with van der Waals surface area (Å²) in [4.78, 5) is 4.40. The SMILES string of the molecule is CCc1ccccc1CNc1nccc2ccc(O)cc12. The highest BCUT2D eigenvalue weighted by Gasteiger charge is 2.05. The summed E-state index contributed by atoms with van der Waals surface area (Å²) in [6.07, 6.45) is 2.80. The molecule has 3 rings (SSSR count). The zero-order valence-corrected chi connectivity index (χ0v) is 12.0. The van der Waals surface area contributed by atoms with Crippen LogP contribution in [0.15, 0.2) is 54.7 Å². The van der Waals surface area contributed by atoms with E-state index in [0.29, 0.717) is 0 Å². The van der Waals surface area contributed by atoms with Crippen molar-refractivity contribution >= 4 is 16.6 Å². The van der Waals surface area contributed by atoms with Crippen LogP contribution in [-0.2, 0) is 13.0 Å². The highest BCUT2D eigenvalue weighted by molar-refractivity contribution is 5.92. The average molecular weight is 278 g/mol. The third-order valence-electron chi connectivity index (χ3n) is 3.70. The minimum absolute atomic E-state index is 0.257. The molecule has 0 spiro atoms. The van der Waals surface area contributed by atoms with Gasteiger partial charge in [0.25, 0.3) is 0 Å². The van der Waals surface area contributed by atoms with E-state index in [0.717, 1.165) is 29.6 Å². The van der Waals surface area contributed by atoms with Crippen LogP contribution in [0.4, 0.5) is 5.82 Å². The van der Waals surface area contributed by atoms with Crippen molar-refractivity contribution in [2.24, 2.45) is 0 Å². The summed E-state index contributed by atoms with van der Waals surface area (Å²) in [5, 5.41) is 15.1. The highest BCUT2D eigenvalue weighted by Crippen LogP contribution is 2.25. The van der Waals surface area contributed by atoms with Crippen LogP contribution in [0.2, 0.25) is 0 Å². The Hall–Kier alpha value is -2.55. The van der Waals surface area contributed by atoms with E-state index in [9.17, 15) is 5.11 Å². The molecule has 106 valence electrons. The molecule has 0 saturated carbocycles. The maximum absolute atomic E-state index is 9.67. The molecule has 0 atom stereocenters. The van der Waals surface area contributed by atoms with E-state index in [1.165, 1.54) is 11.1 Å². The van der Waals surface area contributed by atoms with Gasteiger partial charge in [-0.3, -0.25) is 0 Å². The Bertz CT molecular complexity index is 768. The van der Waals surface area contributed by atoms with Crippen molar-refractivity contribution in [3.8, 4) is 5.75 Å². The van der Waals surface area contributed by atoms with Crippen molar-refractivity contribution in [2.45, 2.75) is 19.9 Å². The van der Waals surface area contributed by atoms with Crippen LogP contribution in [0.25, 0.3) is 10.8 Å². The molecule has 0 fully saturated rings. The fourth-order valence-electron chi connectivity index (χ4n) is 2.55. The minimum Gasteiger partial charge on any atom is -0.508 e. The van der Waals surface area contributed by atoms with E-state index < -0.39 is 0 Å². The molecule has 3 nitrogen and oxygen atoms in total. The Balaban J connectivity index is 1.90. The Kier molecular flexibility index (Phi) is 3.73. The van der Waals surface area contributed by atoms with E-state index in [4.69, 9.17) is 0 Å². The maximum Gasteiger partial charge on any atom is 0.134 e. The lowest BCUT2D eigenvalue weighted by molar-refractivity contribution is 0.476. The summed E-state index contributed by atoms with van der Waals surface area (Å²) in [7, 11) is 0. The quantitative estimate of drug-likeness (QED) is 0.754. The van der Waals surface area contributed by atoms with Gasteiger partial charge >= 0.3 is 0 Å². The predicted octanol–water partition coefficient (Wildman–Crippen LogP) is 4.11. The molecule has 1 aromatic heterocycles. The molecule has 0 radical (unpaired) electrons. The zero-order valence-electron chi connectivity index (χ0n) is 12.0. The topological polar surface area (TPSA) is 45.2 Å². The van der Waals surface area contributed by atoms with Gasteiger partial charge in [-0.1, -0.05) is 37.3 Å². The van der Waals surface area contributed by atoms with Crippen LogP contribution < -0.4 is 5.32 Å². The van der Waals surface area contributed by atoms with E-state index in [2.05, 4.69) is 41.5 Å². The van der Waals surface area contributed by atoms with Gasteiger partial charge in [0, 0.05) is 18.1 Å². The molecule has 2 N–H and O–H groups in total. The van der Waals surface area contributed by atoms with E-state index in [1.807, 2.05) is 12.1 Å². The van der Waals surface area contributed by atoms with E-state index in [-0.39, 0.29) is 5.75 Å². The first kappa shape index (κ1) is 13.4. The molecule has 0 unspecified atom stereocenters. The standard InChI is InChI=1S/C18H18N2O/c1-2-13-5-3-4-6-15(13)12-20-18-17-11-16(21)8-7-14(17)9-10-19-18/h3-11,21H,2,12H2,1H3,(H,19,20). The molecule has 0 aliphatic heterocycles. The molecular formula is C18H18N2O. The third-order valence-corrected chi connectivity index (χ3v) is 3.70. The average Bonchev–Trinajstić information content (AvgIpc) is 2.53. The fraction of sp³-hybridized carbons (Fsp3) is 0.167. The van der Waals surface area contributed by atoms with Gasteiger partial charge in [0.2, 0.25) is 0 Å². The molecule has 0 aliphatic carbocycles. The molecule has 3 aromatic rings. The number of nitrogens with one attached hydrogen (secondary N) is 1. The lowest BCUT2D eigenvalue weighted by Gasteiger charge is -2.11. The van der Waals surface area contributed by atoms with Crippen LogP contribution in [0.3, 0.4) is 0 Å². The van der Waals surface area contributed by atoms with Gasteiger partial charge in [0.1, 0.15) is 11.6 Å². The summed E-state index contributed by atoms with van der Waals surface area (Å²) in [5.74, 6) is 1.06. The summed E-state index contributed by atoms with van der Waals surface area (Å²) in [6.45, 7) is 2.89. The van der Waals surface area contributed by atoms with Crippen molar-refractivity contribution in [1.82, 2.24) is 4.98 Å². The second-order valence-electron chi connectivity index (χ2n) is 5.04. The Morgan fingerprint density at radius 3 is 2.67 bits per heavy atom. The fourth-order valence-corrected chi connectivity index (χ4v) is 2.55. The molecule has 0 amide bonds. The number of aromatic nitrogens is 1. The molecule has 0 saturated heterocycles. The number of phenolic OH excluding ortho intramolecular Hbond substituents is 1. The summed E-state index contributed by atoms with van der Waals surface area (Å²) < 4.78 is 0. The van der Waals surface area contributed by atoms with Crippen LogP contribution >= 0.6 is 0 Å². The number of fused-ring (bicyclic) bond motifs is 1. The largest absolute Gasteiger partial charge is 0.508 e. The third kappa shape index (κ3) is 2.82. The number of phenols is 1. The van der Waals surface area contributed by atoms with Gasteiger partial charge in [0.05, 0.1) is 0 Å². The molecule has 0 bridgehead atoms. The molecule has 0 aliphatic rings. The smallest absolute Gasteiger partial charge is 0.134 e. The molecular weight excluding hydrogens is 260 g/mol. The second-order valence-corrected chi connectivity index (χ2v) is 5.04. The number of hydrogen-bond donors (Lipinski definition) is 2. The van der Waals surface area contributed by atoms with Crippen LogP contribution in [-0.4, -0.2) is 10.1 Å². The Labute approximate surface area is 124 Å². The van der Waals surface area contributed by atoms with Crippen molar-refractivity contribution < 1.29 is 5.11 Å². The van der Waals surface area contributed by atoms with E-state index >= 15 is 0 Å². The monoisotopic (exact) mass is 278 g/mol. The molecule has 1 heterocycles. The van der Waals surface area contributed by atoms with Crippen molar-refractivity contribution in [3.63, 3.8) is 0 Å². The van der Waals surface area contributed by atoms with Crippen LogP contribution in [0.1, 0.15) is 18.1 Å². The van der Waals surface area contributed by atoms with Gasteiger partial charge < -0.3 is 10.4 Å². The van der Waals surface area contributed by atoms with Gasteiger partial charge in [-0.15, -0.1) is 0 Å². The van der Waals surface area contributed by atoms with Gasteiger partial charge in [-0.2, -0.15) is 0 Å². The minimum atomic E-state index is 0.257. The molecule has 2 aromatic carbocycles. The highest BCUT2D eigenvalue weighted by atomic mass is 16.3. The number of aryl methyl sites for hydroxylation is 1.